The smallest absolute Gasteiger partial charge is 0.321 e. The highest BCUT2D eigenvalue weighted by Crippen LogP contribution is 2.21. The third-order valence-electron chi connectivity index (χ3n) is 4.60. The summed E-state index contributed by atoms with van der Waals surface area (Å²) in [6, 6.07) is 14.2. The molecule has 9 heteroatoms. The quantitative estimate of drug-likeness (QED) is 0.720. The molecule has 0 radical (unpaired) electrons. The first kappa shape index (κ1) is 21.3. The summed E-state index contributed by atoms with van der Waals surface area (Å²) in [6.07, 6.45) is 0.535. The Hall–Kier alpha value is -2.45. The Balaban J connectivity index is 1.57. The molecule has 0 spiro atoms. The number of hydrogen-bond donors (Lipinski definition) is 2. The highest BCUT2D eigenvalue weighted by Gasteiger charge is 2.21. The van der Waals surface area contributed by atoms with Crippen LogP contribution in [0.15, 0.2) is 48.5 Å². The summed E-state index contributed by atoms with van der Waals surface area (Å²) in [5.41, 5.74) is 2.02. The van der Waals surface area contributed by atoms with Crippen LogP contribution in [0.4, 0.5) is 21.9 Å². The summed E-state index contributed by atoms with van der Waals surface area (Å²) in [7, 11) is -3.37. The van der Waals surface area contributed by atoms with Crippen molar-refractivity contribution < 1.29 is 13.2 Å². The molecule has 2 aromatic rings. The predicted molar refractivity (Wildman–Crippen MR) is 118 cm³/mol. The first-order valence-corrected chi connectivity index (χ1v) is 11.6. The van der Waals surface area contributed by atoms with E-state index in [1.807, 2.05) is 31.2 Å². The molecule has 0 unspecified atom stereocenters. The Morgan fingerprint density at radius 1 is 1.03 bits per heavy atom. The summed E-state index contributed by atoms with van der Waals surface area (Å²) >= 11 is 6.06. The van der Waals surface area contributed by atoms with Crippen LogP contribution >= 0.6 is 11.6 Å². The number of nitrogens with zero attached hydrogens (tertiary/aromatic N) is 2. The normalized spacial score (nSPS) is 14.6. The zero-order valence-electron chi connectivity index (χ0n) is 16.3. The van der Waals surface area contributed by atoms with E-state index in [9.17, 15) is 13.2 Å². The molecule has 1 heterocycles. The number of nitrogens with one attached hydrogen (secondary N) is 2. The van der Waals surface area contributed by atoms with Gasteiger partial charge in [-0.1, -0.05) is 30.7 Å². The molecule has 0 aliphatic carbocycles. The maximum absolute atomic E-state index is 12.6. The van der Waals surface area contributed by atoms with E-state index >= 15 is 0 Å². The second kappa shape index (κ2) is 9.37. The van der Waals surface area contributed by atoms with Gasteiger partial charge in [0.25, 0.3) is 0 Å². The van der Waals surface area contributed by atoms with E-state index in [1.165, 1.54) is 0 Å². The maximum atomic E-state index is 12.6. The average Bonchev–Trinajstić information content (AvgIpc) is 2.68. The second-order valence-electron chi connectivity index (χ2n) is 6.89. The molecule has 1 aliphatic heterocycles. The highest BCUT2D eigenvalue weighted by atomic mass is 35.5. The number of amides is 2. The van der Waals surface area contributed by atoms with Crippen LogP contribution in [0, 0.1) is 0 Å². The van der Waals surface area contributed by atoms with Crippen molar-refractivity contribution in [1.82, 2.24) is 4.90 Å². The summed E-state index contributed by atoms with van der Waals surface area (Å²) in [5.74, 6) is 0.0560. The Kier molecular flexibility index (Phi) is 6.87. The Bertz CT molecular complexity index is 960. The van der Waals surface area contributed by atoms with Crippen molar-refractivity contribution in [2.75, 3.05) is 46.9 Å². The van der Waals surface area contributed by atoms with Crippen molar-refractivity contribution in [3.05, 3.63) is 53.6 Å². The number of rotatable bonds is 6. The van der Waals surface area contributed by atoms with E-state index in [0.717, 1.165) is 5.69 Å². The summed E-state index contributed by atoms with van der Waals surface area (Å²) in [4.78, 5) is 16.5. The largest absolute Gasteiger partial charge is 0.368 e. The first-order valence-electron chi connectivity index (χ1n) is 9.53. The number of halogens is 1. The number of carbonyl (C=O) groups is 1. The van der Waals surface area contributed by atoms with Gasteiger partial charge < -0.3 is 15.1 Å². The monoisotopic (exact) mass is 436 g/mol. The highest BCUT2D eigenvalue weighted by molar-refractivity contribution is 7.92. The second-order valence-corrected chi connectivity index (χ2v) is 9.16. The lowest BCUT2D eigenvalue weighted by atomic mass is 10.2. The van der Waals surface area contributed by atoms with E-state index in [-0.39, 0.29) is 11.8 Å². The van der Waals surface area contributed by atoms with Gasteiger partial charge in [0, 0.05) is 42.6 Å². The van der Waals surface area contributed by atoms with Crippen LogP contribution in [-0.2, 0) is 10.0 Å². The van der Waals surface area contributed by atoms with E-state index in [2.05, 4.69) is 14.9 Å². The van der Waals surface area contributed by atoms with Crippen LogP contribution in [0.5, 0.6) is 0 Å². The lowest BCUT2D eigenvalue weighted by Crippen LogP contribution is -2.50. The number of carbonyl (C=O) groups excluding carboxylic acids is 1. The van der Waals surface area contributed by atoms with Gasteiger partial charge in [-0.05, 0) is 42.8 Å². The molecule has 7 nitrogen and oxygen atoms in total. The van der Waals surface area contributed by atoms with Crippen molar-refractivity contribution >= 4 is 44.7 Å². The molecule has 1 aliphatic rings. The van der Waals surface area contributed by atoms with Gasteiger partial charge in [0.1, 0.15) is 0 Å². The average molecular weight is 437 g/mol. The fraction of sp³-hybridized carbons (Fsp3) is 0.350. The van der Waals surface area contributed by atoms with Crippen molar-refractivity contribution in [1.29, 1.82) is 0 Å². The van der Waals surface area contributed by atoms with Gasteiger partial charge >= 0.3 is 6.03 Å². The minimum atomic E-state index is -3.37. The van der Waals surface area contributed by atoms with Crippen LogP contribution in [0.3, 0.4) is 0 Å². The van der Waals surface area contributed by atoms with Gasteiger partial charge in [0.15, 0.2) is 0 Å². The molecule has 0 atom stereocenters. The number of anilines is 3. The number of urea groups is 1. The lowest BCUT2D eigenvalue weighted by molar-refractivity contribution is 0.208. The lowest BCUT2D eigenvalue weighted by Gasteiger charge is -2.36. The molecular weight excluding hydrogens is 412 g/mol. The van der Waals surface area contributed by atoms with Gasteiger partial charge in [-0.3, -0.25) is 4.72 Å². The first-order chi connectivity index (χ1) is 13.9. The van der Waals surface area contributed by atoms with Crippen LogP contribution in [0.1, 0.15) is 13.3 Å². The summed E-state index contributed by atoms with van der Waals surface area (Å²) in [5, 5.41) is 3.54. The molecule has 1 saturated heterocycles. The third kappa shape index (κ3) is 6.01. The molecular formula is C20H25ClN4O3S. The van der Waals surface area contributed by atoms with E-state index in [1.54, 1.807) is 29.2 Å². The zero-order chi connectivity index (χ0) is 20.9. The molecule has 2 N–H and O–H groups in total. The summed E-state index contributed by atoms with van der Waals surface area (Å²) in [6.45, 7) is 4.40. The number of benzene rings is 2. The van der Waals surface area contributed by atoms with Crippen LogP contribution in [-0.4, -0.2) is 51.3 Å². The molecule has 2 amide bonds. The van der Waals surface area contributed by atoms with E-state index in [4.69, 9.17) is 11.6 Å². The molecule has 1 fully saturated rings. The molecule has 0 aromatic heterocycles. The number of hydrogen-bond acceptors (Lipinski definition) is 4. The molecule has 3 rings (SSSR count). The Morgan fingerprint density at radius 3 is 2.41 bits per heavy atom. The molecule has 0 bridgehead atoms. The van der Waals surface area contributed by atoms with Crippen LogP contribution < -0.4 is 14.9 Å². The van der Waals surface area contributed by atoms with Gasteiger partial charge in [-0.25, -0.2) is 13.2 Å². The SMILES string of the molecule is CCCS(=O)(=O)Nc1cccc(NC(=O)N2CCN(c3cccc(Cl)c3)CC2)c1. The topological polar surface area (TPSA) is 81.8 Å². The van der Waals surface area contributed by atoms with Crippen molar-refractivity contribution in [2.24, 2.45) is 0 Å². The van der Waals surface area contributed by atoms with Gasteiger partial charge in [-0.15, -0.1) is 0 Å². The fourth-order valence-corrected chi connectivity index (χ4v) is 4.51. The minimum absolute atomic E-state index is 0.0560. The molecule has 2 aromatic carbocycles. The standard InChI is InChI=1S/C20H25ClN4O3S/c1-2-13-29(27,28)23-18-7-4-6-17(15-18)22-20(26)25-11-9-24(10-12-25)19-8-3-5-16(21)14-19/h3-8,14-15,23H,2,9-13H2,1H3,(H,22,26). The number of sulfonamides is 1. The molecule has 156 valence electrons. The maximum Gasteiger partial charge on any atom is 0.321 e. The number of piperazine rings is 1. The van der Waals surface area contributed by atoms with Crippen LogP contribution in [0.25, 0.3) is 0 Å². The van der Waals surface area contributed by atoms with Gasteiger partial charge in [0.2, 0.25) is 10.0 Å². The summed E-state index contributed by atoms with van der Waals surface area (Å²) < 4.78 is 26.4. The molecule has 29 heavy (non-hydrogen) atoms. The van der Waals surface area contributed by atoms with Gasteiger partial charge in [0.05, 0.1) is 11.4 Å². The predicted octanol–water partition coefficient (Wildman–Crippen LogP) is 3.85. The zero-order valence-corrected chi connectivity index (χ0v) is 17.8. The Morgan fingerprint density at radius 2 is 1.72 bits per heavy atom. The van der Waals surface area contributed by atoms with Gasteiger partial charge in [-0.2, -0.15) is 0 Å². The van der Waals surface area contributed by atoms with Crippen LogP contribution in [0.2, 0.25) is 5.02 Å². The third-order valence-corrected chi connectivity index (χ3v) is 6.33. The van der Waals surface area contributed by atoms with Crippen molar-refractivity contribution in [2.45, 2.75) is 13.3 Å². The fourth-order valence-electron chi connectivity index (χ4n) is 3.20. The minimum Gasteiger partial charge on any atom is -0.368 e. The molecule has 0 saturated carbocycles. The van der Waals surface area contributed by atoms with Crippen molar-refractivity contribution in [3.8, 4) is 0 Å². The Labute approximate surface area is 176 Å². The van der Waals surface area contributed by atoms with Crippen molar-refractivity contribution in [3.63, 3.8) is 0 Å². The van der Waals surface area contributed by atoms with E-state index < -0.39 is 10.0 Å². The van der Waals surface area contributed by atoms with E-state index in [0.29, 0.717) is 49.0 Å².